The van der Waals surface area contributed by atoms with E-state index in [1.165, 1.54) is 11.4 Å². The van der Waals surface area contributed by atoms with E-state index in [-0.39, 0.29) is 12.4 Å². The summed E-state index contributed by atoms with van der Waals surface area (Å²) >= 11 is 3.29. The fourth-order valence-corrected chi connectivity index (χ4v) is 2.80. The molecule has 0 aliphatic rings. The summed E-state index contributed by atoms with van der Waals surface area (Å²) in [6.07, 6.45) is 0. The summed E-state index contributed by atoms with van der Waals surface area (Å²) in [6.45, 7) is 3.96. The van der Waals surface area contributed by atoms with Crippen molar-refractivity contribution in [2.24, 2.45) is 0 Å². The van der Waals surface area contributed by atoms with Crippen LogP contribution in [-0.2, 0) is 14.8 Å². The Morgan fingerprint density at radius 2 is 1.93 bits per heavy atom. The van der Waals surface area contributed by atoms with Crippen LogP contribution < -0.4 is 0 Å². The first kappa shape index (κ1) is 14.3. The molecule has 0 saturated carbocycles. The molecule has 86 valence electrons. The van der Waals surface area contributed by atoms with Gasteiger partial charge in [-0.25, -0.2) is 8.42 Å². The van der Waals surface area contributed by atoms with Gasteiger partial charge in [0.15, 0.2) is 0 Å². The van der Waals surface area contributed by atoms with E-state index in [1.807, 2.05) is 13.8 Å². The maximum Gasteiger partial charge on any atom is 0.216 e. The van der Waals surface area contributed by atoms with Crippen LogP contribution in [-0.4, -0.2) is 50.1 Å². The van der Waals surface area contributed by atoms with Crippen molar-refractivity contribution >= 4 is 26.0 Å². The summed E-state index contributed by atoms with van der Waals surface area (Å²) in [4.78, 5) is 0. The van der Waals surface area contributed by atoms with E-state index < -0.39 is 15.6 Å². The number of methoxy groups -OCH3 is 1. The molecule has 0 N–H and O–H groups in total. The SMILES string of the molecule is COCCS(=O)(=O)N(C)C(C)(C)CBr. The van der Waals surface area contributed by atoms with Gasteiger partial charge in [-0.3, -0.25) is 0 Å². The lowest BCUT2D eigenvalue weighted by Gasteiger charge is -2.32. The highest BCUT2D eigenvalue weighted by Gasteiger charge is 2.31. The number of nitrogens with zero attached hydrogens (tertiary/aromatic N) is 1. The van der Waals surface area contributed by atoms with Crippen molar-refractivity contribution in [1.82, 2.24) is 4.31 Å². The van der Waals surface area contributed by atoms with Crippen molar-refractivity contribution in [2.45, 2.75) is 19.4 Å². The summed E-state index contributed by atoms with van der Waals surface area (Å²) in [5.74, 6) is 0.0242. The van der Waals surface area contributed by atoms with E-state index in [4.69, 9.17) is 4.74 Å². The Hall–Kier alpha value is 0.350. The topological polar surface area (TPSA) is 46.6 Å². The van der Waals surface area contributed by atoms with Crippen LogP contribution in [0.15, 0.2) is 0 Å². The van der Waals surface area contributed by atoms with Gasteiger partial charge in [-0.2, -0.15) is 4.31 Å². The monoisotopic (exact) mass is 287 g/mol. The molecule has 0 heterocycles. The maximum atomic E-state index is 11.7. The number of alkyl halides is 1. The highest BCUT2D eigenvalue weighted by Crippen LogP contribution is 2.19. The van der Waals surface area contributed by atoms with E-state index in [2.05, 4.69) is 15.9 Å². The molecule has 0 aliphatic heterocycles. The zero-order valence-corrected chi connectivity index (χ0v) is 11.5. The highest BCUT2D eigenvalue weighted by molar-refractivity contribution is 9.09. The van der Waals surface area contributed by atoms with E-state index >= 15 is 0 Å². The fraction of sp³-hybridized carbons (Fsp3) is 1.00. The lowest BCUT2D eigenvalue weighted by atomic mass is 10.1. The number of hydrogen-bond donors (Lipinski definition) is 0. The van der Waals surface area contributed by atoms with Crippen LogP contribution in [0.4, 0.5) is 0 Å². The molecule has 0 spiro atoms. The minimum Gasteiger partial charge on any atom is -0.384 e. The molecule has 14 heavy (non-hydrogen) atoms. The van der Waals surface area contributed by atoms with E-state index in [9.17, 15) is 8.42 Å². The second kappa shape index (κ2) is 5.44. The zero-order valence-electron chi connectivity index (χ0n) is 9.08. The Balaban J connectivity index is 4.59. The van der Waals surface area contributed by atoms with Gasteiger partial charge in [0, 0.05) is 25.0 Å². The quantitative estimate of drug-likeness (QED) is 0.687. The third-order valence-electron chi connectivity index (χ3n) is 2.14. The number of rotatable bonds is 6. The molecule has 0 bridgehead atoms. The second-order valence-corrected chi connectivity index (χ2v) is 6.40. The summed E-state index contributed by atoms with van der Waals surface area (Å²) in [5, 5.41) is 0.600. The predicted molar refractivity (Wildman–Crippen MR) is 61.3 cm³/mol. The standard InChI is InChI=1S/C8H18BrNO3S/c1-8(2,7-9)10(3)14(11,12)6-5-13-4/h5-7H2,1-4H3. The van der Waals surface area contributed by atoms with Crippen LogP contribution in [0.1, 0.15) is 13.8 Å². The Morgan fingerprint density at radius 1 is 1.43 bits per heavy atom. The maximum absolute atomic E-state index is 11.7. The van der Waals surface area contributed by atoms with Gasteiger partial charge in [0.2, 0.25) is 10.0 Å². The third-order valence-corrected chi connectivity index (χ3v) is 5.53. The van der Waals surface area contributed by atoms with Crippen LogP contribution in [0.3, 0.4) is 0 Å². The zero-order chi connectivity index (χ0) is 11.4. The van der Waals surface area contributed by atoms with Crippen LogP contribution in [0.25, 0.3) is 0 Å². The summed E-state index contributed by atoms with van der Waals surface area (Å²) in [7, 11) is -0.133. The van der Waals surface area contributed by atoms with Gasteiger partial charge in [0.1, 0.15) is 0 Å². The Kier molecular flexibility index (Phi) is 5.57. The first-order chi connectivity index (χ1) is 6.28. The molecule has 0 aromatic heterocycles. The lowest BCUT2D eigenvalue weighted by molar-refractivity contribution is 0.213. The third kappa shape index (κ3) is 3.84. The van der Waals surface area contributed by atoms with Crippen LogP contribution in [0.5, 0.6) is 0 Å². The molecule has 0 radical (unpaired) electrons. The Morgan fingerprint density at radius 3 is 2.29 bits per heavy atom. The summed E-state index contributed by atoms with van der Waals surface area (Å²) < 4.78 is 29.6. The summed E-state index contributed by atoms with van der Waals surface area (Å²) in [6, 6.07) is 0. The van der Waals surface area contributed by atoms with Crippen molar-refractivity contribution in [3.8, 4) is 0 Å². The minimum absolute atomic E-state index is 0.0242. The molecule has 0 atom stereocenters. The summed E-state index contributed by atoms with van der Waals surface area (Å²) in [5.41, 5.74) is -0.410. The van der Waals surface area contributed by atoms with Gasteiger partial charge in [-0.05, 0) is 13.8 Å². The molecule has 0 rings (SSSR count). The fourth-order valence-electron chi connectivity index (χ4n) is 0.786. The average Bonchev–Trinajstić information content (AvgIpc) is 2.13. The van der Waals surface area contributed by atoms with Crippen molar-refractivity contribution in [3.05, 3.63) is 0 Å². The van der Waals surface area contributed by atoms with Crippen LogP contribution >= 0.6 is 15.9 Å². The van der Waals surface area contributed by atoms with Crippen LogP contribution in [0.2, 0.25) is 0 Å². The van der Waals surface area contributed by atoms with Crippen molar-refractivity contribution in [3.63, 3.8) is 0 Å². The molecular formula is C8H18BrNO3S. The first-order valence-electron chi connectivity index (χ1n) is 4.29. The van der Waals surface area contributed by atoms with Crippen molar-refractivity contribution in [1.29, 1.82) is 0 Å². The molecule has 0 unspecified atom stereocenters. The molecule has 0 amide bonds. The van der Waals surface area contributed by atoms with Crippen molar-refractivity contribution in [2.75, 3.05) is 31.8 Å². The van der Waals surface area contributed by atoms with Gasteiger partial charge in [-0.1, -0.05) is 15.9 Å². The number of ether oxygens (including phenoxy) is 1. The Labute approximate surface area is 94.8 Å². The smallest absolute Gasteiger partial charge is 0.216 e. The van der Waals surface area contributed by atoms with Gasteiger partial charge in [-0.15, -0.1) is 0 Å². The van der Waals surface area contributed by atoms with Gasteiger partial charge in [0.05, 0.1) is 12.4 Å². The van der Waals surface area contributed by atoms with E-state index in [0.29, 0.717) is 5.33 Å². The minimum atomic E-state index is -3.21. The van der Waals surface area contributed by atoms with Crippen LogP contribution in [0, 0.1) is 0 Å². The largest absolute Gasteiger partial charge is 0.384 e. The first-order valence-corrected chi connectivity index (χ1v) is 7.02. The van der Waals surface area contributed by atoms with E-state index in [1.54, 1.807) is 7.05 Å². The molecule has 6 heteroatoms. The Bertz CT molecular complexity index is 264. The number of sulfonamides is 1. The number of hydrogen-bond acceptors (Lipinski definition) is 3. The molecular weight excluding hydrogens is 270 g/mol. The van der Waals surface area contributed by atoms with Gasteiger partial charge >= 0.3 is 0 Å². The molecule has 0 aromatic carbocycles. The number of halogens is 1. The van der Waals surface area contributed by atoms with Gasteiger partial charge < -0.3 is 4.74 Å². The normalized spacial score (nSPS) is 13.6. The molecule has 4 nitrogen and oxygen atoms in total. The van der Waals surface area contributed by atoms with Gasteiger partial charge in [0.25, 0.3) is 0 Å². The molecule has 0 saturated heterocycles. The molecule has 0 aliphatic carbocycles. The highest BCUT2D eigenvalue weighted by atomic mass is 79.9. The molecule has 0 fully saturated rings. The average molecular weight is 288 g/mol. The van der Waals surface area contributed by atoms with E-state index in [0.717, 1.165) is 0 Å². The van der Waals surface area contributed by atoms with Crippen molar-refractivity contribution < 1.29 is 13.2 Å². The second-order valence-electron chi connectivity index (χ2n) is 3.72. The molecule has 0 aromatic rings. The lowest BCUT2D eigenvalue weighted by Crippen LogP contribution is -2.47. The predicted octanol–water partition coefficient (Wildman–Crippen LogP) is 1.07.